The minimum Gasteiger partial charge on any atom is -0.371 e. The maximum absolute atomic E-state index is 13.5. The van der Waals surface area contributed by atoms with Crippen LogP contribution in [-0.2, 0) is 26.7 Å². The van der Waals surface area contributed by atoms with Gasteiger partial charge in [-0.3, -0.25) is 9.48 Å². The van der Waals surface area contributed by atoms with Crippen LogP contribution in [0.15, 0.2) is 41.4 Å². The zero-order valence-corrected chi connectivity index (χ0v) is 20.2. The van der Waals surface area contributed by atoms with E-state index in [0.29, 0.717) is 6.54 Å². The minimum atomic E-state index is -0.108. The molecule has 33 heavy (non-hydrogen) atoms. The molecule has 5 rings (SSSR count). The lowest BCUT2D eigenvalue weighted by atomic mass is 10.1. The summed E-state index contributed by atoms with van der Waals surface area (Å²) < 4.78 is 19.8. The number of fused-ring (bicyclic) bond motifs is 1. The first kappa shape index (κ1) is 23.5. The molecule has 0 spiro atoms. The fourth-order valence-electron chi connectivity index (χ4n) is 4.03. The molecule has 3 aromatic rings. The van der Waals surface area contributed by atoms with E-state index in [4.69, 9.17) is 0 Å². The Labute approximate surface area is 198 Å². The zero-order chi connectivity index (χ0) is 23.4. The molecule has 4 heterocycles. The number of hydrogen-bond acceptors (Lipinski definition) is 6. The summed E-state index contributed by atoms with van der Waals surface area (Å²) in [5.41, 5.74) is 4.93. The van der Waals surface area contributed by atoms with Crippen molar-refractivity contribution < 1.29 is 9.18 Å². The molecule has 2 aliphatic heterocycles. The maximum atomic E-state index is 13.5. The Balaban J connectivity index is 0.000000165. The van der Waals surface area contributed by atoms with Gasteiger partial charge in [0.15, 0.2) is 6.29 Å². The highest BCUT2D eigenvalue weighted by Crippen LogP contribution is 2.31. The van der Waals surface area contributed by atoms with Crippen molar-refractivity contribution in [3.63, 3.8) is 0 Å². The van der Waals surface area contributed by atoms with Crippen LogP contribution in [0.3, 0.4) is 0 Å². The Morgan fingerprint density at radius 1 is 1.21 bits per heavy atom. The monoisotopic (exact) mass is 470 g/mol. The first-order valence-electron chi connectivity index (χ1n) is 11.2. The van der Waals surface area contributed by atoms with Gasteiger partial charge in [-0.25, -0.2) is 8.70 Å². The highest BCUT2D eigenvalue weighted by atomic mass is 32.2. The van der Waals surface area contributed by atoms with Crippen molar-refractivity contribution >= 4 is 23.9 Å². The van der Waals surface area contributed by atoms with Gasteiger partial charge in [-0.1, -0.05) is 6.07 Å². The van der Waals surface area contributed by atoms with Crippen LogP contribution in [0.4, 0.5) is 10.1 Å². The van der Waals surface area contributed by atoms with E-state index in [2.05, 4.69) is 25.7 Å². The molecule has 7 nitrogen and oxygen atoms in total. The number of anilines is 1. The second-order valence-electron chi connectivity index (χ2n) is 8.30. The van der Waals surface area contributed by atoms with E-state index in [9.17, 15) is 9.18 Å². The highest BCUT2D eigenvalue weighted by Gasteiger charge is 2.20. The van der Waals surface area contributed by atoms with Gasteiger partial charge >= 0.3 is 0 Å². The third kappa shape index (κ3) is 5.15. The summed E-state index contributed by atoms with van der Waals surface area (Å²) in [5.74, 6) is -0.108. The normalized spacial score (nSPS) is 15.5. The molecule has 0 saturated carbocycles. The molecule has 0 aliphatic carbocycles. The van der Waals surface area contributed by atoms with Crippen molar-refractivity contribution in [3.05, 3.63) is 65.0 Å². The van der Waals surface area contributed by atoms with E-state index < -0.39 is 0 Å². The fraction of sp³-hybridized carbons (Fsp3) is 0.417. The molecular weight excluding hydrogens is 439 g/mol. The van der Waals surface area contributed by atoms with Crippen molar-refractivity contribution in [1.29, 1.82) is 0 Å². The summed E-state index contributed by atoms with van der Waals surface area (Å²) in [5, 5.41) is 7.28. The van der Waals surface area contributed by atoms with Crippen molar-refractivity contribution in [2.24, 2.45) is 7.05 Å². The van der Waals surface area contributed by atoms with Gasteiger partial charge in [-0.05, 0) is 56.6 Å². The van der Waals surface area contributed by atoms with Crippen LogP contribution in [0.1, 0.15) is 33.9 Å². The van der Waals surface area contributed by atoms with Crippen molar-refractivity contribution in [2.45, 2.75) is 37.9 Å². The average Bonchev–Trinajstić information content (AvgIpc) is 3.35. The Hall–Kier alpha value is -2.62. The quantitative estimate of drug-likeness (QED) is 0.439. The number of halogens is 1. The summed E-state index contributed by atoms with van der Waals surface area (Å²) in [6.45, 7) is 7.52. The van der Waals surface area contributed by atoms with Gasteiger partial charge < -0.3 is 14.8 Å². The molecule has 2 aliphatic rings. The second kappa shape index (κ2) is 10.5. The average molecular weight is 471 g/mol. The summed E-state index contributed by atoms with van der Waals surface area (Å²) in [6, 6.07) is 9.31. The molecule has 1 aromatic carbocycles. The molecule has 1 fully saturated rings. The van der Waals surface area contributed by atoms with Crippen LogP contribution >= 0.6 is 11.9 Å². The van der Waals surface area contributed by atoms with Crippen LogP contribution in [0, 0.1) is 12.7 Å². The molecular formula is C24H31FN6OS. The zero-order valence-electron chi connectivity index (χ0n) is 19.4. The number of carbonyl (C=O) groups excluding carboxylic acids is 1. The SMILES string of the molecule is CNCc1c(F)cccc1N1CCC1.Cc1c(SN2CCn3nccc3C2)cc(C=O)n1C. The van der Waals surface area contributed by atoms with Crippen molar-refractivity contribution in [1.82, 2.24) is 24.0 Å². The first-order chi connectivity index (χ1) is 16.0. The first-order valence-corrected chi connectivity index (χ1v) is 12.0. The predicted molar refractivity (Wildman–Crippen MR) is 130 cm³/mol. The van der Waals surface area contributed by atoms with Crippen LogP contribution < -0.4 is 10.2 Å². The lowest BCUT2D eigenvalue weighted by Gasteiger charge is -2.34. The summed E-state index contributed by atoms with van der Waals surface area (Å²) in [6.07, 6.45) is 3.97. The smallest absolute Gasteiger partial charge is 0.166 e. The summed E-state index contributed by atoms with van der Waals surface area (Å²) >= 11 is 1.72. The van der Waals surface area contributed by atoms with E-state index in [0.717, 1.165) is 66.5 Å². The Morgan fingerprint density at radius 2 is 2.03 bits per heavy atom. The highest BCUT2D eigenvalue weighted by molar-refractivity contribution is 7.97. The third-order valence-corrected chi connectivity index (χ3v) is 7.40. The van der Waals surface area contributed by atoms with E-state index in [1.54, 1.807) is 18.0 Å². The molecule has 0 unspecified atom stereocenters. The standard InChI is InChI=1S/C13H16N4OS.C11H15FN2/c1-10-13(7-12(9-18)15(10)2)19-16-5-6-17-11(8-16)3-4-14-17;1-13-8-9-10(12)4-2-5-11(9)14-6-3-7-14/h3-4,7,9H,5-6,8H2,1-2H3;2,4-5,13H,3,6-8H2,1H3. The molecule has 1 N–H and O–H groups in total. The number of carbonyl (C=O) groups is 1. The maximum Gasteiger partial charge on any atom is 0.166 e. The van der Waals surface area contributed by atoms with Crippen LogP contribution in [0.25, 0.3) is 0 Å². The van der Waals surface area contributed by atoms with Gasteiger partial charge in [0.25, 0.3) is 0 Å². The topological polar surface area (TPSA) is 58.3 Å². The summed E-state index contributed by atoms with van der Waals surface area (Å²) in [4.78, 5) is 14.3. The number of aromatic nitrogens is 3. The van der Waals surface area contributed by atoms with Crippen LogP contribution in [0.2, 0.25) is 0 Å². The summed E-state index contributed by atoms with van der Waals surface area (Å²) in [7, 11) is 3.76. The van der Waals surface area contributed by atoms with Gasteiger partial charge in [-0.2, -0.15) is 5.10 Å². The molecule has 0 bridgehead atoms. The van der Waals surface area contributed by atoms with Crippen molar-refractivity contribution in [3.8, 4) is 0 Å². The van der Waals surface area contributed by atoms with Crippen LogP contribution in [-0.4, -0.2) is 51.6 Å². The number of benzene rings is 1. The van der Waals surface area contributed by atoms with Crippen LogP contribution in [0.5, 0.6) is 0 Å². The second-order valence-corrected chi connectivity index (χ2v) is 9.44. The van der Waals surface area contributed by atoms with E-state index in [1.807, 2.05) is 48.6 Å². The minimum absolute atomic E-state index is 0.108. The van der Waals surface area contributed by atoms with E-state index in [1.165, 1.54) is 18.2 Å². The van der Waals surface area contributed by atoms with Gasteiger partial charge in [0.05, 0.1) is 24.5 Å². The lowest BCUT2D eigenvalue weighted by Crippen LogP contribution is -2.38. The molecule has 0 amide bonds. The lowest BCUT2D eigenvalue weighted by molar-refractivity contribution is 0.111. The largest absolute Gasteiger partial charge is 0.371 e. The fourth-order valence-corrected chi connectivity index (χ4v) is 5.12. The number of nitrogens with zero attached hydrogens (tertiary/aromatic N) is 5. The third-order valence-electron chi connectivity index (χ3n) is 6.22. The molecule has 0 radical (unpaired) electrons. The Morgan fingerprint density at radius 3 is 2.70 bits per heavy atom. The number of nitrogens with one attached hydrogen (secondary N) is 1. The van der Waals surface area contributed by atoms with E-state index in [-0.39, 0.29) is 5.82 Å². The van der Waals surface area contributed by atoms with E-state index >= 15 is 0 Å². The molecule has 1 saturated heterocycles. The van der Waals surface area contributed by atoms with Gasteiger partial charge in [0.2, 0.25) is 0 Å². The molecule has 9 heteroatoms. The molecule has 176 valence electrons. The van der Waals surface area contributed by atoms with Crippen molar-refractivity contribution in [2.75, 3.05) is 31.6 Å². The molecule has 2 aromatic heterocycles. The predicted octanol–water partition coefficient (Wildman–Crippen LogP) is 3.62. The number of rotatable bonds is 6. The number of aldehydes is 1. The molecule has 0 atom stereocenters. The van der Waals surface area contributed by atoms with Gasteiger partial charge in [0, 0.05) is 61.3 Å². The van der Waals surface area contributed by atoms with Gasteiger partial charge in [0.1, 0.15) is 5.82 Å². The number of hydrogen-bond donors (Lipinski definition) is 1. The Bertz CT molecular complexity index is 1110. The Kier molecular flexibility index (Phi) is 7.52. The van der Waals surface area contributed by atoms with Gasteiger partial charge in [-0.15, -0.1) is 0 Å².